The Morgan fingerprint density at radius 3 is 2.55 bits per heavy atom. The van der Waals surface area contributed by atoms with Crippen LogP contribution < -0.4 is 26.6 Å². The zero-order valence-electron chi connectivity index (χ0n) is 17.6. The minimum absolute atomic E-state index is 0.211. The maximum Gasteiger partial charge on any atom is 0.274 e. The zero-order valence-corrected chi connectivity index (χ0v) is 17.6. The van der Waals surface area contributed by atoms with Crippen molar-refractivity contribution in [1.29, 1.82) is 0 Å². The molecule has 2 aromatic rings. The van der Waals surface area contributed by atoms with E-state index in [0.29, 0.717) is 11.1 Å². The first-order chi connectivity index (χ1) is 14.1. The summed E-state index contributed by atoms with van der Waals surface area (Å²) in [6, 6.07) is 7.39. The highest BCUT2D eigenvalue weighted by Crippen LogP contribution is 2.17. The van der Waals surface area contributed by atoms with E-state index in [0.717, 1.165) is 24.8 Å². The van der Waals surface area contributed by atoms with Crippen molar-refractivity contribution in [2.75, 3.05) is 7.11 Å². The molecule has 0 bridgehead atoms. The van der Waals surface area contributed by atoms with Crippen molar-refractivity contribution in [3.63, 3.8) is 0 Å². The third-order valence-electron chi connectivity index (χ3n) is 4.90. The van der Waals surface area contributed by atoms with Gasteiger partial charge in [0, 0.05) is 12.1 Å². The molecule has 0 saturated carbocycles. The van der Waals surface area contributed by atoms with Gasteiger partial charge in [-0.15, -0.1) is 6.58 Å². The number of para-hydroxylation sites is 1. The quantitative estimate of drug-likeness (QED) is 0.469. The van der Waals surface area contributed by atoms with Crippen LogP contribution in [0.25, 0.3) is 12.2 Å². The van der Waals surface area contributed by atoms with Gasteiger partial charge in [0.15, 0.2) is 0 Å². The number of methoxy groups -OCH3 is 1. The number of rotatable bonds is 11. The molecule has 1 aromatic carbocycles. The van der Waals surface area contributed by atoms with E-state index in [-0.39, 0.29) is 23.0 Å². The standard InChI is InChI=1S/C24H32N2O3/c1-4-6-7-8-9-10-11-15-20-24(28)26(17-5-2)21(23(27)25-20)18-19-14-12-13-16-22(19)29-3/h5,12-16,18H,2,4,6-11,17H2,1,3H3,(H,25,27)/b20-15-,21-18-. The van der Waals surface area contributed by atoms with Gasteiger partial charge >= 0.3 is 0 Å². The highest BCUT2D eigenvalue weighted by atomic mass is 16.5. The average Bonchev–Trinajstić information content (AvgIpc) is 2.73. The van der Waals surface area contributed by atoms with Gasteiger partial charge in [0.05, 0.1) is 7.11 Å². The predicted octanol–water partition coefficient (Wildman–Crippen LogP) is 3.09. The molecule has 1 N–H and O–H groups in total. The highest BCUT2D eigenvalue weighted by Gasteiger charge is 2.06. The van der Waals surface area contributed by atoms with Crippen molar-refractivity contribution in [3.05, 3.63) is 73.9 Å². The Morgan fingerprint density at radius 1 is 1.10 bits per heavy atom. The Bertz CT molecular complexity index is 1030. The number of unbranched alkanes of at least 4 members (excludes halogenated alkanes) is 6. The van der Waals surface area contributed by atoms with Crippen LogP contribution in [0.4, 0.5) is 0 Å². The van der Waals surface area contributed by atoms with E-state index in [2.05, 4.69) is 18.5 Å². The van der Waals surface area contributed by atoms with Crippen molar-refractivity contribution in [2.24, 2.45) is 0 Å². The zero-order chi connectivity index (χ0) is 21.1. The van der Waals surface area contributed by atoms with E-state index in [1.54, 1.807) is 19.3 Å². The molecule has 0 aliphatic carbocycles. The topological polar surface area (TPSA) is 64.1 Å². The summed E-state index contributed by atoms with van der Waals surface area (Å²) < 4.78 is 6.82. The number of aromatic nitrogens is 2. The fourth-order valence-corrected chi connectivity index (χ4v) is 3.31. The van der Waals surface area contributed by atoms with Crippen LogP contribution in [-0.4, -0.2) is 16.7 Å². The molecule has 0 radical (unpaired) electrons. The first-order valence-corrected chi connectivity index (χ1v) is 10.4. The minimum Gasteiger partial charge on any atom is -0.496 e. The molecule has 5 heteroatoms. The molecule has 0 spiro atoms. The van der Waals surface area contributed by atoms with Crippen molar-refractivity contribution in [2.45, 2.75) is 58.4 Å². The lowest BCUT2D eigenvalue weighted by Crippen LogP contribution is -2.53. The third kappa shape index (κ3) is 6.34. The molecule has 0 amide bonds. The van der Waals surface area contributed by atoms with Crippen LogP contribution in [0.2, 0.25) is 0 Å². The summed E-state index contributed by atoms with van der Waals surface area (Å²) in [6.45, 7) is 6.20. The van der Waals surface area contributed by atoms with Gasteiger partial charge in [0.1, 0.15) is 16.4 Å². The lowest BCUT2D eigenvalue weighted by molar-refractivity contribution is 0.414. The second-order valence-corrected chi connectivity index (χ2v) is 7.10. The summed E-state index contributed by atoms with van der Waals surface area (Å²) >= 11 is 0. The van der Waals surface area contributed by atoms with Crippen LogP contribution in [0.15, 0.2) is 46.5 Å². The monoisotopic (exact) mass is 396 g/mol. The number of allylic oxidation sites excluding steroid dienone is 1. The Morgan fingerprint density at radius 2 is 1.83 bits per heavy atom. The van der Waals surface area contributed by atoms with Gasteiger partial charge in [-0.2, -0.15) is 0 Å². The molecule has 0 aliphatic heterocycles. The van der Waals surface area contributed by atoms with Gasteiger partial charge in [-0.05, 0) is 25.0 Å². The fourth-order valence-electron chi connectivity index (χ4n) is 3.31. The molecule has 156 valence electrons. The highest BCUT2D eigenvalue weighted by molar-refractivity contribution is 5.56. The molecule has 29 heavy (non-hydrogen) atoms. The van der Waals surface area contributed by atoms with E-state index < -0.39 is 0 Å². The van der Waals surface area contributed by atoms with Gasteiger partial charge < -0.3 is 9.72 Å². The molecule has 0 fully saturated rings. The van der Waals surface area contributed by atoms with E-state index in [1.165, 1.54) is 30.3 Å². The number of hydrogen-bond acceptors (Lipinski definition) is 3. The predicted molar refractivity (Wildman–Crippen MR) is 120 cm³/mol. The van der Waals surface area contributed by atoms with Crippen LogP contribution in [0.1, 0.15) is 57.4 Å². The molecular formula is C24H32N2O3. The lowest BCUT2D eigenvalue weighted by atomic mass is 10.1. The Hall–Kier alpha value is -2.82. The molecule has 2 rings (SSSR count). The molecule has 1 aromatic heterocycles. The van der Waals surface area contributed by atoms with Gasteiger partial charge in [0.2, 0.25) is 0 Å². The summed E-state index contributed by atoms with van der Waals surface area (Å²) in [4.78, 5) is 28.5. The van der Waals surface area contributed by atoms with Gasteiger partial charge in [-0.25, -0.2) is 0 Å². The number of nitrogens with zero attached hydrogens (tertiary/aromatic N) is 1. The second-order valence-electron chi connectivity index (χ2n) is 7.10. The number of ether oxygens (including phenoxy) is 1. The SMILES string of the molecule is C=CCn1c(=O)/c(=C/CCCCCCCC)[nH]c(=O)/c1=C/c1ccccc1OC. The third-order valence-corrected chi connectivity index (χ3v) is 4.90. The fraction of sp³-hybridized carbons (Fsp3) is 0.417. The molecule has 0 saturated heterocycles. The molecule has 1 heterocycles. The Kier molecular flexibility index (Phi) is 9.22. The van der Waals surface area contributed by atoms with Crippen molar-refractivity contribution in [3.8, 4) is 5.75 Å². The number of H-pyrrole nitrogens is 1. The minimum atomic E-state index is -0.299. The first kappa shape index (κ1) is 22.5. The van der Waals surface area contributed by atoms with Crippen molar-refractivity contribution >= 4 is 12.2 Å². The summed E-state index contributed by atoms with van der Waals surface area (Å²) in [5.41, 5.74) is 0.227. The van der Waals surface area contributed by atoms with E-state index in [1.807, 2.05) is 30.3 Å². The maximum atomic E-state index is 12.9. The first-order valence-electron chi connectivity index (χ1n) is 10.4. The van der Waals surface area contributed by atoms with Crippen LogP contribution >= 0.6 is 0 Å². The smallest absolute Gasteiger partial charge is 0.274 e. The largest absolute Gasteiger partial charge is 0.496 e. The number of aromatic amines is 1. The van der Waals surface area contributed by atoms with E-state index >= 15 is 0 Å². The molecule has 0 atom stereocenters. The Balaban J connectivity index is 2.38. The molecular weight excluding hydrogens is 364 g/mol. The van der Waals surface area contributed by atoms with Crippen LogP contribution in [0.5, 0.6) is 5.75 Å². The van der Waals surface area contributed by atoms with Crippen molar-refractivity contribution < 1.29 is 4.74 Å². The van der Waals surface area contributed by atoms with Crippen LogP contribution in [0, 0.1) is 0 Å². The Labute approximate surface area is 172 Å². The molecule has 5 nitrogen and oxygen atoms in total. The van der Waals surface area contributed by atoms with Gasteiger partial charge in [-0.1, -0.05) is 69.4 Å². The van der Waals surface area contributed by atoms with Gasteiger partial charge in [0.25, 0.3) is 11.1 Å². The lowest BCUT2D eigenvalue weighted by Gasteiger charge is -2.06. The molecule has 0 unspecified atom stereocenters. The van der Waals surface area contributed by atoms with E-state index in [4.69, 9.17) is 4.74 Å². The average molecular weight is 397 g/mol. The van der Waals surface area contributed by atoms with Crippen molar-refractivity contribution in [1.82, 2.24) is 9.55 Å². The summed E-state index contributed by atoms with van der Waals surface area (Å²) in [7, 11) is 1.58. The summed E-state index contributed by atoms with van der Waals surface area (Å²) in [5.74, 6) is 0.642. The summed E-state index contributed by atoms with van der Waals surface area (Å²) in [6.07, 6.45) is 13.1. The van der Waals surface area contributed by atoms with Crippen LogP contribution in [0.3, 0.4) is 0 Å². The van der Waals surface area contributed by atoms with Crippen LogP contribution in [-0.2, 0) is 6.54 Å². The number of nitrogens with one attached hydrogen (secondary N) is 1. The second kappa shape index (κ2) is 11.9. The normalized spacial score (nSPS) is 12.3. The summed E-state index contributed by atoms with van der Waals surface area (Å²) in [5, 5.41) is 0.638. The number of hydrogen-bond donors (Lipinski definition) is 1. The molecule has 0 aliphatic rings. The van der Waals surface area contributed by atoms with Gasteiger partial charge in [-0.3, -0.25) is 14.2 Å². The maximum absolute atomic E-state index is 12.9. The number of benzene rings is 1. The van der Waals surface area contributed by atoms with E-state index in [9.17, 15) is 9.59 Å².